The monoisotopic (exact) mass is 163 g/mol. The number of aryl methyl sites for hydroxylation is 1. The van der Waals surface area contributed by atoms with Crippen LogP contribution in [0.2, 0.25) is 0 Å². The van der Waals surface area contributed by atoms with Gasteiger partial charge in [0.2, 0.25) is 0 Å². The van der Waals surface area contributed by atoms with Crippen LogP contribution in [0, 0.1) is 6.92 Å². The normalized spacial score (nSPS) is 13.4. The maximum absolute atomic E-state index is 2.24. The fraction of sp³-hybridized carbons (Fsp3) is 0.455. The van der Waals surface area contributed by atoms with Crippen LogP contribution in [-0.4, -0.2) is 19.0 Å². The van der Waals surface area contributed by atoms with Crippen LogP contribution in [0.5, 0.6) is 0 Å². The summed E-state index contributed by atoms with van der Waals surface area (Å²) in [5.74, 6) is 0. The summed E-state index contributed by atoms with van der Waals surface area (Å²) >= 11 is 0. The van der Waals surface area contributed by atoms with E-state index in [1.54, 1.807) is 0 Å². The molecule has 1 atom stereocenters. The van der Waals surface area contributed by atoms with E-state index in [0.29, 0.717) is 6.04 Å². The van der Waals surface area contributed by atoms with Gasteiger partial charge in [0.25, 0.3) is 0 Å². The Morgan fingerprint density at radius 3 is 2.42 bits per heavy atom. The van der Waals surface area contributed by atoms with Crippen molar-refractivity contribution < 1.29 is 0 Å². The summed E-state index contributed by atoms with van der Waals surface area (Å²) in [6.45, 7) is 4.35. The largest absolute Gasteiger partial charge is 0.303 e. The Labute approximate surface area is 75.0 Å². The molecule has 0 aromatic heterocycles. The Kier molecular flexibility index (Phi) is 2.88. The highest BCUT2D eigenvalue weighted by Gasteiger charge is 2.06. The van der Waals surface area contributed by atoms with Gasteiger partial charge in [0, 0.05) is 6.04 Å². The quantitative estimate of drug-likeness (QED) is 0.647. The van der Waals surface area contributed by atoms with E-state index in [4.69, 9.17) is 0 Å². The summed E-state index contributed by atoms with van der Waals surface area (Å²) in [7, 11) is 4.21. The van der Waals surface area contributed by atoms with Crippen molar-refractivity contribution in [1.82, 2.24) is 4.90 Å². The molecule has 0 unspecified atom stereocenters. The SMILES string of the molecule is Cc1cccc([C@H](C)N(C)C)c1. The Hall–Kier alpha value is -0.820. The summed E-state index contributed by atoms with van der Waals surface area (Å²) < 4.78 is 0. The third-order valence-electron chi connectivity index (χ3n) is 2.30. The lowest BCUT2D eigenvalue weighted by atomic mass is 10.1. The minimum atomic E-state index is 0.505. The summed E-state index contributed by atoms with van der Waals surface area (Å²) in [4.78, 5) is 2.22. The van der Waals surface area contributed by atoms with Crippen molar-refractivity contribution in [2.24, 2.45) is 0 Å². The topological polar surface area (TPSA) is 3.24 Å². The fourth-order valence-electron chi connectivity index (χ4n) is 1.23. The lowest BCUT2D eigenvalue weighted by molar-refractivity contribution is 0.321. The smallest absolute Gasteiger partial charge is 0.0313 e. The molecular weight excluding hydrogens is 146 g/mol. The zero-order valence-electron chi connectivity index (χ0n) is 8.33. The first-order valence-electron chi connectivity index (χ1n) is 4.34. The van der Waals surface area contributed by atoms with Crippen molar-refractivity contribution in [3.05, 3.63) is 35.4 Å². The average molecular weight is 163 g/mol. The third kappa shape index (κ3) is 2.08. The summed E-state index contributed by atoms with van der Waals surface area (Å²) in [6, 6.07) is 9.17. The van der Waals surface area contributed by atoms with Gasteiger partial charge in [-0.3, -0.25) is 0 Å². The molecule has 1 aromatic rings. The molecule has 0 fully saturated rings. The highest BCUT2D eigenvalue weighted by atomic mass is 15.1. The van der Waals surface area contributed by atoms with E-state index in [2.05, 4.69) is 57.1 Å². The Morgan fingerprint density at radius 1 is 1.25 bits per heavy atom. The van der Waals surface area contributed by atoms with Crippen LogP contribution >= 0.6 is 0 Å². The molecule has 0 N–H and O–H groups in total. The molecule has 0 saturated carbocycles. The molecule has 66 valence electrons. The van der Waals surface area contributed by atoms with Gasteiger partial charge in [-0.1, -0.05) is 29.8 Å². The predicted molar refractivity (Wildman–Crippen MR) is 53.3 cm³/mol. The molecule has 0 amide bonds. The van der Waals surface area contributed by atoms with Crippen LogP contribution in [0.25, 0.3) is 0 Å². The third-order valence-corrected chi connectivity index (χ3v) is 2.30. The molecular formula is C11H17N. The minimum Gasteiger partial charge on any atom is -0.303 e. The molecule has 0 aliphatic heterocycles. The second kappa shape index (κ2) is 3.72. The zero-order valence-corrected chi connectivity index (χ0v) is 8.33. The van der Waals surface area contributed by atoms with E-state index in [9.17, 15) is 0 Å². The van der Waals surface area contributed by atoms with Gasteiger partial charge >= 0.3 is 0 Å². The standard InChI is InChI=1S/C11H17N/c1-9-6-5-7-11(8-9)10(2)12(3)4/h5-8,10H,1-4H3/t10-/m0/s1. The molecule has 1 heteroatoms. The van der Waals surface area contributed by atoms with Crippen molar-refractivity contribution in [2.45, 2.75) is 19.9 Å². The number of nitrogens with zero attached hydrogens (tertiary/aromatic N) is 1. The van der Waals surface area contributed by atoms with Gasteiger partial charge in [-0.2, -0.15) is 0 Å². The van der Waals surface area contributed by atoms with Gasteiger partial charge in [0.1, 0.15) is 0 Å². The van der Waals surface area contributed by atoms with Crippen molar-refractivity contribution in [3.8, 4) is 0 Å². The summed E-state index contributed by atoms with van der Waals surface area (Å²) in [6.07, 6.45) is 0. The fourth-order valence-corrected chi connectivity index (χ4v) is 1.23. The molecule has 0 aliphatic carbocycles. The van der Waals surface area contributed by atoms with Crippen LogP contribution in [0.4, 0.5) is 0 Å². The first-order valence-corrected chi connectivity index (χ1v) is 4.34. The van der Waals surface area contributed by atoms with Gasteiger partial charge in [0.15, 0.2) is 0 Å². The molecule has 0 saturated heterocycles. The van der Waals surface area contributed by atoms with Crippen LogP contribution in [0.1, 0.15) is 24.1 Å². The first-order chi connectivity index (χ1) is 5.61. The molecule has 0 heterocycles. The molecule has 0 aliphatic rings. The Balaban J connectivity index is 2.88. The lowest BCUT2D eigenvalue weighted by Gasteiger charge is -2.20. The molecule has 1 nitrogen and oxygen atoms in total. The van der Waals surface area contributed by atoms with Crippen LogP contribution in [-0.2, 0) is 0 Å². The van der Waals surface area contributed by atoms with Crippen molar-refractivity contribution in [3.63, 3.8) is 0 Å². The summed E-state index contributed by atoms with van der Waals surface area (Å²) in [5, 5.41) is 0. The van der Waals surface area contributed by atoms with Crippen molar-refractivity contribution in [1.29, 1.82) is 0 Å². The first kappa shape index (κ1) is 9.27. The molecule has 0 bridgehead atoms. The zero-order chi connectivity index (χ0) is 9.14. The molecule has 1 aromatic carbocycles. The van der Waals surface area contributed by atoms with E-state index in [0.717, 1.165) is 0 Å². The van der Waals surface area contributed by atoms with Crippen LogP contribution in [0.15, 0.2) is 24.3 Å². The maximum Gasteiger partial charge on any atom is 0.0313 e. The number of hydrogen-bond donors (Lipinski definition) is 0. The average Bonchev–Trinajstić information content (AvgIpc) is 2.03. The van der Waals surface area contributed by atoms with Gasteiger partial charge in [-0.05, 0) is 33.5 Å². The maximum atomic E-state index is 2.24. The molecule has 0 spiro atoms. The highest BCUT2D eigenvalue weighted by molar-refractivity contribution is 5.24. The van der Waals surface area contributed by atoms with E-state index < -0.39 is 0 Å². The lowest BCUT2D eigenvalue weighted by Crippen LogP contribution is -2.16. The van der Waals surface area contributed by atoms with E-state index >= 15 is 0 Å². The van der Waals surface area contributed by atoms with Gasteiger partial charge < -0.3 is 4.90 Å². The van der Waals surface area contributed by atoms with Crippen LogP contribution in [0.3, 0.4) is 0 Å². The predicted octanol–water partition coefficient (Wildman–Crippen LogP) is 2.62. The summed E-state index contributed by atoms with van der Waals surface area (Å²) in [5.41, 5.74) is 2.72. The Bertz CT molecular complexity index is 253. The van der Waals surface area contributed by atoms with Gasteiger partial charge in [0.05, 0.1) is 0 Å². The van der Waals surface area contributed by atoms with Crippen molar-refractivity contribution >= 4 is 0 Å². The van der Waals surface area contributed by atoms with E-state index in [1.165, 1.54) is 11.1 Å². The van der Waals surface area contributed by atoms with E-state index in [-0.39, 0.29) is 0 Å². The van der Waals surface area contributed by atoms with Crippen molar-refractivity contribution in [2.75, 3.05) is 14.1 Å². The van der Waals surface area contributed by atoms with Gasteiger partial charge in [-0.15, -0.1) is 0 Å². The second-order valence-corrected chi connectivity index (χ2v) is 3.55. The van der Waals surface area contributed by atoms with E-state index in [1.807, 2.05) is 0 Å². The van der Waals surface area contributed by atoms with Crippen LogP contribution < -0.4 is 0 Å². The highest BCUT2D eigenvalue weighted by Crippen LogP contribution is 2.17. The molecule has 1 rings (SSSR count). The number of rotatable bonds is 2. The Morgan fingerprint density at radius 2 is 1.92 bits per heavy atom. The number of hydrogen-bond acceptors (Lipinski definition) is 1. The second-order valence-electron chi connectivity index (χ2n) is 3.55. The minimum absolute atomic E-state index is 0.505. The number of benzene rings is 1. The molecule has 0 radical (unpaired) electrons. The van der Waals surface area contributed by atoms with Gasteiger partial charge in [-0.25, -0.2) is 0 Å². The molecule has 12 heavy (non-hydrogen) atoms.